The molecule has 0 unspecified atom stereocenters. The number of hydrogen-bond acceptors (Lipinski definition) is 2. The van der Waals surface area contributed by atoms with Crippen LogP contribution in [0.15, 0.2) is 119 Å². The van der Waals surface area contributed by atoms with E-state index in [1.807, 2.05) is 36.4 Å². The summed E-state index contributed by atoms with van der Waals surface area (Å²) in [5.41, 5.74) is 2.13. The Morgan fingerprint density at radius 1 is 0.474 bits per heavy atom. The van der Waals surface area contributed by atoms with Crippen molar-refractivity contribution < 1.29 is 0 Å². The van der Waals surface area contributed by atoms with Crippen LogP contribution in [0.2, 0.25) is 10.0 Å². The molecule has 0 aliphatic heterocycles. The predicted molar refractivity (Wildman–Crippen MR) is 160 cm³/mol. The van der Waals surface area contributed by atoms with E-state index < -0.39 is 0 Å². The molecule has 0 radical (unpaired) electrons. The van der Waals surface area contributed by atoms with Crippen molar-refractivity contribution in [2.75, 3.05) is 0 Å². The maximum atomic E-state index is 6.29. The molecule has 0 heterocycles. The molecule has 7 aromatic rings. The third-order valence-electron chi connectivity index (χ3n) is 7.21. The van der Waals surface area contributed by atoms with Crippen LogP contribution in [0.4, 0.5) is 0 Å². The van der Waals surface area contributed by atoms with Crippen LogP contribution < -0.4 is 10.7 Å². The van der Waals surface area contributed by atoms with E-state index in [9.17, 15) is 0 Å². The molecule has 182 valence electrons. The minimum Gasteiger partial charge on any atom is -0.278 e. The van der Waals surface area contributed by atoms with Crippen molar-refractivity contribution in [1.82, 2.24) is 0 Å². The summed E-state index contributed by atoms with van der Waals surface area (Å²) in [5.74, 6) is 0. The average molecular weight is 529 g/mol. The topological polar surface area (TPSA) is 24.7 Å². The number of halogens is 2. The second-order valence-corrected chi connectivity index (χ2v) is 10.5. The van der Waals surface area contributed by atoms with Crippen molar-refractivity contribution in [3.05, 3.63) is 141 Å². The third kappa shape index (κ3) is 3.98. The van der Waals surface area contributed by atoms with Crippen molar-refractivity contribution in [1.29, 1.82) is 0 Å². The summed E-state index contributed by atoms with van der Waals surface area (Å²) < 4.78 is 0. The fraction of sp³-hybridized carbons (Fsp3) is 0.0588. The molecule has 7 rings (SSSR count). The average Bonchev–Trinajstić information content (AvgIpc) is 2.93. The molecule has 0 saturated carbocycles. The molecule has 0 N–H and O–H groups in total. The van der Waals surface area contributed by atoms with E-state index in [1.54, 1.807) is 0 Å². The molecule has 0 fully saturated rings. The molecular formula is C34H22Cl2N2. The highest BCUT2D eigenvalue weighted by atomic mass is 35.5. The van der Waals surface area contributed by atoms with E-state index in [4.69, 9.17) is 33.2 Å². The van der Waals surface area contributed by atoms with Crippen LogP contribution in [0.5, 0.6) is 0 Å². The van der Waals surface area contributed by atoms with Gasteiger partial charge in [0.25, 0.3) is 0 Å². The van der Waals surface area contributed by atoms with Gasteiger partial charge in [-0.1, -0.05) is 102 Å². The highest BCUT2D eigenvalue weighted by Crippen LogP contribution is 2.38. The summed E-state index contributed by atoms with van der Waals surface area (Å²) in [7, 11) is 0. The Labute approximate surface area is 229 Å². The molecule has 0 spiro atoms. The number of rotatable bonds is 4. The fourth-order valence-corrected chi connectivity index (χ4v) is 6.02. The Morgan fingerprint density at radius 3 is 1.68 bits per heavy atom. The Morgan fingerprint density at radius 2 is 1.03 bits per heavy atom. The van der Waals surface area contributed by atoms with Crippen LogP contribution in [0.1, 0.15) is 11.1 Å². The van der Waals surface area contributed by atoms with Gasteiger partial charge in [-0.25, -0.2) is 0 Å². The highest BCUT2D eigenvalue weighted by molar-refractivity contribution is 6.33. The number of fused-ring (bicyclic) bond motifs is 2. The molecule has 0 amide bonds. The largest absolute Gasteiger partial charge is 0.278 e. The first-order valence-corrected chi connectivity index (χ1v) is 13.4. The molecule has 0 atom stereocenters. The lowest BCUT2D eigenvalue weighted by atomic mass is 9.89. The molecule has 38 heavy (non-hydrogen) atoms. The maximum Gasteiger partial charge on any atom is 0.0915 e. The zero-order valence-corrected chi connectivity index (χ0v) is 22.0. The zero-order valence-electron chi connectivity index (χ0n) is 20.5. The van der Waals surface area contributed by atoms with Crippen molar-refractivity contribution in [2.24, 2.45) is 9.98 Å². The van der Waals surface area contributed by atoms with Crippen molar-refractivity contribution in [2.45, 2.75) is 13.1 Å². The Hall–Kier alpha value is -3.98. The van der Waals surface area contributed by atoms with Gasteiger partial charge in [-0.3, -0.25) is 9.98 Å². The molecule has 4 heteroatoms. The summed E-state index contributed by atoms with van der Waals surface area (Å²) in [5, 5.41) is 12.9. The smallest absolute Gasteiger partial charge is 0.0915 e. The van der Waals surface area contributed by atoms with Crippen LogP contribution >= 0.6 is 23.2 Å². The van der Waals surface area contributed by atoms with Gasteiger partial charge in [-0.15, -0.1) is 0 Å². The molecule has 0 saturated heterocycles. The van der Waals surface area contributed by atoms with E-state index in [0.29, 0.717) is 23.1 Å². The van der Waals surface area contributed by atoms with Gasteiger partial charge >= 0.3 is 0 Å². The summed E-state index contributed by atoms with van der Waals surface area (Å²) in [6.45, 7) is 1.03. The maximum absolute atomic E-state index is 6.29. The number of hydrogen-bond donors (Lipinski definition) is 0. The lowest BCUT2D eigenvalue weighted by Gasteiger charge is -2.15. The van der Waals surface area contributed by atoms with Gasteiger partial charge in [0.2, 0.25) is 0 Å². The normalized spacial score (nSPS) is 13.0. The first kappa shape index (κ1) is 23.2. The van der Waals surface area contributed by atoms with E-state index in [2.05, 4.69) is 72.8 Å². The third-order valence-corrected chi connectivity index (χ3v) is 7.68. The predicted octanol–water partition coefficient (Wildman–Crippen LogP) is 8.68. The quantitative estimate of drug-likeness (QED) is 0.161. The summed E-state index contributed by atoms with van der Waals surface area (Å²) in [6, 6.07) is 37.6. The monoisotopic (exact) mass is 528 g/mol. The minimum absolute atomic E-state index is 0.512. The summed E-state index contributed by atoms with van der Waals surface area (Å²) in [6.07, 6.45) is 0. The van der Waals surface area contributed by atoms with Crippen LogP contribution in [0.25, 0.3) is 43.1 Å². The van der Waals surface area contributed by atoms with Crippen molar-refractivity contribution >= 4 is 66.3 Å². The Kier molecular flexibility index (Phi) is 5.73. The van der Waals surface area contributed by atoms with Gasteiger partial charge < -0.3 is 0 Å². The molecule has 2 nitrogen and oxygen atoms in total. The lowest BCUT2D eigenvalue weighted by Crippen LogP contribution is -2.27. The van der Waals surface area contributed by atoms with Gasteiger partial charge in [0.05, 0.1) is 23.8 Å². The van der Waals surface area contributed by atoms with Gasteiger partial charge in [0.1, 0.15) is 0 Å². The van der Waals surface area contributed by atoms with Gasteiger partial charge in [0.15, 0.2) is 0 Å². The SMILES string of the molecule is Clc1cccc(CN=c2cc3cccc4c5cccc6cccc(c(c2=NCc2cccc(Cl)c2)c34)c65)c1. The first-order chi connectivity index (χ1) is 18.7. The fourth-order valence-electron chi connectivity index (χ4n) is 5.59. The van der Waals surface area contributed by atoms with E-state index in [1.165, 1.54) is 32.3 Å². The molecule has 0 aromatic heterocycles. The molecule has 0 aliphatic rings. The number of benzene rings is 7. The number of nitrogens with zero attached hydrogens (tertiary/aromatic N) is 2. The summed E-state index contributed by atoms with van der Waals surface area (Å²) >= 11 is 12.6. The molecule has 0 bridgehead atoms. The van der Waals surface area contributed by atoms with Gasteiger partial charge in [-0.05, 0) is 79.2 Å². The molecule has 7 aromatic carbocycles. The second-order valence-electron chi connectivity index (χ2n) is 9.62. The van der Waals surface area contributed by atoms with Crippen molar-refractivity contribution in [3.63, 3.8) is 0 Å². The second kappa shape index (κ2) is 9.40. The van der Waals surface area contributed by atoms with Crippen molar-refractivity contribution in [3.8, 4) is 0 Å². The minimum atomic E-state index is 0.512. The standard InChI is InChI=1S/C34H22Cl2N2/c35-25-11-1-6-21(16-25)19-37-30-18-24-10-5-14-28-27-13-3-8-23-9-4-15-29(31(23)27)33(32(24)28)34(30)38-20-22-7-2-12-26(36)17-22/h1-18H,19-20H2. The Bertz CT molecular complexity index is 2110. The van der Waals surface area contributed by atoms with Crippen LogP contribution in [0, 0.1) is 0 Å². The Balaban J connectivity index is 1.61. The van der Waals surface area contributed by atoms with E-state index in [0.717, 1.165) is 32.6 Å². The molecular weight excluding hydrogens is 507 g/mol. The van der Waals surface area contributed by atoms with Crippen LogP contribution in [-0.4, -0.2) is 0 Å². The van der Waals surface area contributed by atoms with Crippen LogP contribution in [-0.2, 0) is 13.1 Å². The van der Waals surface area contributed by atoms with Gasteiger partial charge in [-0.2, -0.15) is 0 Å². The van der Waals surface area contributed by atoms with E-state index >= 15 is 0 Å². The van der Waals surface area contributed by atoms with Gasteiger partial charge in [0, 0.05) is 15.4 Å². The zero-order chi connectivity index (χ0) is 25.6. The van der Waals surface area contributed by atoms with E-state index in [-0.39, 0.29) is 0 Å². The van der Waals surface area contributed by atoms with Crippen LogP contribution in [0.3, 0.4) is 0 Å². The first-order valence-electron chi connectivity index (χ1n) is 12.6. The summed E-state index contributed by atoms with van der Waals surface area (Å²) in [4.78, 5) is 10.3. The lowest BCUT2D eigenvalue weighted by molar-refractivity contribution is 0.963. The highest BCUT2D eigenvalue weighted by Gasteiger charge is 2.15. The molecule has 0 aliphatic carbocycles.